The molecule has 0 fully saturated rings. The summed E-state index contributed by atoms with van der Waals surface area (Å²) < 4.78 is 13.9. The summed E-state index contributed by atoms with van der Waals surface area (Å²) in [5, 5.41) is 3.69. The predicted molar refractivity (Wildman–Crippen MR) is 74.2 cm³/mol. The van der Waals surface area contributed by atoms with E-state index in [0.29, 0.717) is 17.1 Å². The minimum atomic E-state index is -0.286. The number of rotatable bonds is 4. The number of hydrogen-bond acceptors (Lipinski definition) is 1. The lowest BCUT2D eigenvalue weighted by Crippen LogP contribution is -2.12. The summed E-state index contributed by atoms with van der Waals surface area (Å²) in [6, 6.07) is 12.5. The highest BCUT2D eigenvalue weighted by Crippen LogP contribution is 2.32. The van der Waals surface area contributed by atoms with Gasteiger partial charge in [0.25, 0.3) is 0 Å². The van der Waals surface area contributed by atoms with E-state index in [0.717, 1.165) is 17.7 Å². The first kappa shape index (κ1) is 13.1. The SMILES string of the molecule is CCNCc1ccccc1-c1c(F)cccc1Cl. The molecule has 0 unspecified atom stereocenters. The van der Waals surface area contributed by atoms with Crippen LogP contribution < -0.4 is 5.32 Å². The van der Waals surface area contributed by atoms with Gasteiger partial charge in [-0.3, -0.25) is 0 Å². The lowest BCUT2D eigenvalue weighted by Gasteiger charge is -2.12. The van der Waals surface area contributed by atoms with Crippen LogP contribution in [0.1, 0.15) is 12.5 Å². The normalized spacial score (nSPS) is 10.6. The highest BCUT2D eigenvalue weighted by atomic mass is 35.5. The zero-order valence-electron chi connectivity index (χ0n) is 10.2. The maximum Gasteiger partial charge on any atom is 0.132 e. The predicted octanol–water partition coefficient (Wildman–Crippen LogP) is 4.26. The van der Waals surface area contributed by atoms with Crippen molar-refractivity contribution in [2.24, 2.45) is 0 Å². The number of halogens is 2. The molecule has 3 heteroatoms. The average molecular weight is 264 g/mol. The number of hydrogen-bond donors (Lipinski definition) is 1. The van der Waals surface area contributed by atoms with Crippen molar-refractivity contribution in [1.82, 2.24) is 5.32 Å². The van der Waals surface area contributed by atoms with Gasteiger partial charge in [-0.15, -0.1) is 0 Å². The van der Waals surface area contributed by atoms with E-state index < -0.39 is 0 Å². The minimum absolute atomic E-state index is 0.286. The van der Waals surface area contributed by atoms with E-state index in [-0.39, 0.29) is 5.82 Å². The van der Waals surface area contributed by atoms with Crippen LogP contribution in [0.4, 0.5) is 4.39 Å². The fourth-order valence-electron chi connectivity index (χ4n) is 1.93. The number of benzene rings is 2. The van der Waals surface area contributed by atoms with Gasteiger partial charge < -0.3 is 5.32 Å². The molecule has 0 amide bonds. The van der Waals surface area contributed by atoms with Gasteiger partial charge >= 0.3 is 0 Å². The van der Waals surface area contributed by atoms with Gasteiger partial charge in [0, 0.05) is 12.1 Å². The molecular formula is C15H15ClFN. The van der Waals surface area contributed by atoms with Crippen LogP contribution in [-0.4, -0.2) is 6.54 Å². The fourth-order valence-corrected chi connectivity index (χ4v) is 2.20. The summed E-state index contributed by atoms with van der Waals surface area (Å²) >= 11 is 6.11. The van der Waals surface area contributed by atoms with Crippen molar-refractivity contribution in [2.45, 2.75) is 13.5 Å². The van der Waals surface area contributed by atoms with Crippen LogP contribution in [0, 0.1) is 5.82 Å². The molecule has 0 atom stereocenters. The van der Waals surface area contributed by atoms with Crippen molar-refractivity contribution in [3.8, 4) is 11.1 Å². The van der Waals surface area contributed by atoms with Crippen molar-refractivity contribution in [1.29, 1.82) is 0 Å². The van der Waals surface area contributed by atoms with Gasteiger partial charge in [-0.2, -0.15) is 0 Å². The third-order valence-electron chi connectivity index (χ3n) is 2.81. The molecule has 0 aliphatic heterocycles. The van der Waals surface area contributed by atoms with Crippen molar-refractivity contribution in [2.75, 3.05) is 6.54 Å². The molecule has 0 heterocycles. The maximum absolute atomic E-state index is 13.9. The first-order valence-electron chi connectivity index (χ1n) is 5.97. The smallest absolute Gasteiger partial charge is 0.132 e. The third-order valence-corrected chi connectivity index (χ3v) is 3.13. The Balaban J connectivity index is 2.50. The Labute approximate surface area is 112 Å². The van der Waals surface area contributed by atoms with E-state index in [9.17, 15) is 4.39 Å². The van der Waals surface area contributed by atoms with Crippen molar-refractivity contribution in [3.05, 3.63) is 58.9 Å². The molecule has 2 rings (SSSR count). The van der Waals surface area contributed by atoms with E-state index in [1.807, 2.05) is 31.2 Å². The monoisotopic (exact) mass is 263 g/mol. The third kappa shape index (κ3) is 2.71. The van der Waals surface area contributed by atoms with Crippen LogP contribution >= 0.6 is 11.6 Å². The highest BCUT2D eigenvalue weighted by Gasteiger charge is 2.12. The Morgan fingerprint density at radius 1 is 1.11 bits per heavy atom. The Kier molecular flexibility index (Phi) is 4.34. The second-order valence-electron chi connectivity index (χ2n) is 4.03. The average Bonchev–Trinajstić information content (AvgIpc) is 2.37. The van der Waals surface area contributed by atoms with E-state index in [1.54, 1.807) is 12.1 Å². The second-order valence-corrected chi connectivity index (χ2v) is 4.44. The molecule has 0 aliphatic rings. The molecule has 2 aromatic rings. The van der Waals surface area contributed by atoms with Gasteiger partial charge in [0.2, 0.25) is 0 Å². The first-order chi connectivity index (χ1) is 8.74. The molecule has 0 aromatic heterocycles. The largest absolute Gasteiger partial charge is 0.313 e. The van der Waals surface area contributed by atoms with E-state index >= 15 is 0 Å². The molecule has 1 N–H and O–H groups in total. The van der Waals surface area contributed by atoms with Gasteiger partial charge in [0.1, 0.15) is 5.82 Å². The number of nitrogens with one attached hydrogen (secondary N) is 1. The summed E-state index contributed by atoms with van der Waals surface area (Å²) in [5.41, 5.74) is 2.38. The van der Waals surface area contributed by atoms with Crippen molar-refractivity contribution in [3.63, 3.8) is 0 Å². The summed E-state index contributed by atoms with van der Waals surface area (Å²) in [6.07, 6.45) is 0. The van der Waals surface area contributed by atoms with Crippen LogP contribution in [0.2, 0.25) is 5.02 Å². The Hall–Kier alpha value is -1.38. The van der Waals surface area contributed by atoms with Gasteiger partial charge in [0.15, 0.2) is 0 Å². The molecule has 0 saturated carbocycles. The van der Waals surface area contributed by atoms with Gasteiger partial charge in [-0.1, -0.05) is 48.9 Å². The summed E-state index contributed by atoms with van der Waals surface area (Å²) in [7, 11) is 0. The lowest BCUT2D eigenvalue weighted by atomic mass is 9.99. The van der Waals surface area contributed by atoms with Crippen LogP contribution in [0.15, 0.2) is 42.5 Å². The molecule has 18 heavy (non-hydrogen) atoms. The molecule has 2 aromatic carbocycles. The zero-order valence-corrected chi connectivity index (χ0v) is 11.0. The fraction of sp³-hybridized carbons (Fsp3) is 0.200. The lowest BCUT2D eigenvalue weighted by molar-refractivity contribution is 0.631. The molecule has 0 radical (unpaired) electrons. The molecule has 0 bridgehead atoms. The Morgan fingerprint density at radius 2 is 1.89 bits per heavy atom. The van der Waals surface area contributed by atoms with Crippen LogP contribution in [0.5, 0.6) is 0 Å². The standard InChI is InChI=1S/C15H15ClFN/c1-2-18-10-11-6-3-4-7-12(11)15-13(16)8-5-9-14(15)17/h3-9,18H,2,10H2,1H3. The van der Waals surface area contributed by atoms with Crippen molar-refractivity contribution >= 4 is 11.6 Å². The summed E-state index contributed by atoms with van der Waals surface area (Å²) in [5.74, 6) is -0.286. The first-order valence-corrected chi connectivity index (χ1v) is 6.35. The topological polar surface area (TPSA) is 12.0 Å². The summed E-state index contributed by atoms with van der Waals surface area (Å²) in [4.78, 5) is 0. The molecule has 0 saturated heterocycles. The molecular weight excluding hydrogens is 249 g/mol. The van der Waals surface area contributed by atoms with Crippen LogP contribution in [-0.2, 0) is 6.54 Å². The molecule has 94 valence electrons. The van der Waals surface area contributed by atoms with E-state index in [2.05, 4.69) is 5.32 Å². The van der Waals surface area contributed by atoms with E-state index in [4.69, 9.17) is 11.6 Å². The molecule has 1 nitrogen and oxygen atoms in total. The second kappa shape index (κ2) is 5.98. The Bertz CT molecular complexity index is 520. The Morgan fingerprint density at radius 3 is 2.61 bits per heavy atom. The van der Waals surface area contributed by atoms with Gasteiger partial charge in [-0.05, 0) is 29.8 Å². The van der Waals surface area contributed by atoms with Crippen molar-refractivity contribution < 1.29 is 4.39 Å². The van der Waals surface area contributed by atoms with Gasteiger partial charge in [0.05, 0.1) is 5.02 Å². The van der Waals surface area contributed by atoms with Gasteiger partial charge in [-0.25, -0.2) is 4.39 Å². The molecule has 0 spiro atoms. The van der Waals surface area contributed by atoms with Crippen LogP contribution in [0.25, 0.3) is 11.1 Å². The van der Waals surface area contributed by atoms with E-state index in [1.165, 1.54) is 6.07 Å². The van der Waals surface area contributed by atoms with Crippen LogP contribution in [0.3, 0.4) is 0 Å². The zero-order chi connectivity index (χ0) is 13.0. The quantitative estimate of drug-likeness (QED) is 0.869. The maximum atomic E-state index is 13.9. The minimum Gasteiger partial charge on any atom is -0.313 e. The summed E-state index contributed by atoms with van der Waals surface area (Å²) in [6.45, 7) is 3.62. The highest BCUT2D eigenvalue weighted by molar-refractivity contribution is 6.33. The molecule has 0 aliphatic carbocycles.